The van der Waals surface area contributed by atoms with E-state index in [-0.39, 0.29) is 11.2 Å². The first-order valence-electron chi connectivity index (χ1n) is 7.29. The highest BCUT2D eigenvalue weighted by Crippen LogP contribution is 2.49. The zero-order valence-electron chi connectivity index (χ0n) is 12.4. The number of carbonyl (C=O) groups is 2. The van der Waals surface area contributed by atoms with Crippen molar-refractivity contribution in [2.24, 2.45) is 5.41 Å². The van der Waals surface area contributed by atoms with E-state index >= 15 is 0 Å². The molecule has 108 valence electrons. The van der Waals surface area contributed by atoms with Gasteiger partial charge in [0.05, 0.1) is 6.54 Å². The average molecular weight is 273 g/mol. The fourth-order valence-electron chi connectivity index (χ4n) is 2.67. The maximum Gasteiger partial charge on any atom is 0.143 e. The van der Waals surface area contributed by atoms with Crippen LogP contribution in [0.25, 0.3) is 0 Å². The minimum atomic E-state index is -0.0777. The number of nitrogens with zero attached hydrogens (tertiary/aromatic N) is 1. The summed E-state index contributed by atoms with van der Waals surface area (Å²) in [6.07, 6.45) is 2.91. The van der Waals surface area contributed by atoms with E-state index in [1.807, 2.05) is 18.2 Å². The van der Waals surface area contributed by atoms with E-state index in [9.17, 15) is 9.59 Å². The summed E-state index contributed by atoms with van der Waals surface area (Å²) in [6, 6.07) is 10.2. The Kier molecular flexibility index (Phi) is 4.71. The summed E-state index contributed by atoms with van der Waals surface area (Å²) in [7, 11) is 0. The zero-order chi connectivity index (χ0) is 14.6. The van der Waals surface area contributed by atoms with E-state index in [1.54, 1.807) is 13.8 Å². The first-order chi connectivity index (χ1) is 9.52. The second-order valence-electron chi connectivity index (χ2n) is 5.98. The SMILES string of the molecule is CC(=O)CN(CCC1(C(C)=O)CC1)Cc1ccccc1. The van der Waals surface area contributed by atoms with Crippen LogP contribution in [0.3, 0.4) is 0 Å². The molecule has 1 aliphatic carbocycles. The summed E-state index contributed by atoms with van der Waals surface area (Å²) >= 11 is 0. The molecule has 1 aromatic carbocycles. The molecular formula is C17H23NO2. The summed E-state index contributed by atoms with van der Waals surface area (Å²) < 4.78 is 0. The van der Waals surface area contributed by atoms with Crippen molar-refractivity contribution in [3.8, 4) is 0 Å². The smallest absolute Gasteiger partial charge is 0.143 e. The Bertz CT molecular complexity index is 477. The molecule has 20 heavy (non-hydrogen) atoms. The molecule has 0 heterocycles. The third-order valence-electron chi connectivity index (χ3n) is 4.20. The number of carbonyl (C=O) groups excluding carboxylic acids is 2. The van der Waals surface area contributed by atoms with Gasteiger partial charge in [0, 0.05) is 12.0 Å². The van der Waals surface area contributed by atoms with Gasteiger partial charge in [-0.2, -0.15) is 0 Å². The van der Waals surface area contributed by atoms with Gasteiger partial charge in [-0.25, -0.2) is 0 Å². The van der Waals surface area contributed by atoms with Crippen molar-refractivity contribution < 1.29 is 9.59 Å². The van der Waals surface area contributed by atoms with Gasteiger partial charge < -0.3 is 0 Å². The van der Waals surface area contributed by atoms with Crippen LogP contribution in [-0.4, -0.2) is 29.6 Å². The minimum absolute atomic E-state index is 0.0777. The highest BCUT2D eigenvalue weighted by molar-refractivity contribution is 5.85. The molecule has 3 heteroatoms. The maximum absolute atomic E-state index is 11.6. The molecule has 0 unspecified atom stereocenters. The molecule has 0 N–H and O–H groups in total. The highest BCUT2D eigenvalue weighted by atomic mass is 16.1. The fraction of sp³-hybridized carbons (Fsp3) is 0.529. The van der Waals surface area contributed by atoms with Gasteiger partial charge in [0.25, 0.3) is 0 Å². The highest BCUT2D eigenvalue weighted by Gasteiger charge is 2.46. The topological polar surface area (TPSA) is 37.4 Å². The number of hydrogen-bond donors (Lipinski definition) is 0. The molecule has 1 aromatic rings. The van der Waals surface area contributed by atoms with Crippen molar-refractivity contribution in [1.29, 1.82) is 0 Å². The molecule has 2 rings (SSSR count). The number of hydrogen-bond acceptors (Lipinski definition) is 3. The molecule has 1 fully saturated rings. The molecule has 0 atom stereocenters. The third-order valence-corrected chi connectivity index (χ3v) is 4.20. The van der Waals surface area contributed by atoms with Gasteiger partial charge in [0.1, 0.15) is 11.6 Å². The molecule has 0 bridgehead atoms. The van der Waals surface area contributed by atoms with Gasteiger partial charge >= 0.3 is 0 Å². The molecular weight excluding hydrogens is 250 g/mol. The number of ketones is 2. The van der Waals surface area contributed by atoms with Gasteiger partial charge in [0.2, 0.25) is 0 Å². The van der Waals surface area contributed by atoms with Crippen LogP contribution in [0.2, 0.25) is 0 Å². The maximum atomic E-state index is 11.6. The van der Waals surface area contributed by atoms with E-state index in [1.165, 1.54) is 5.56 Å². The molecule has 0 saturated heterocycles. The lowest BCUT2D eigenvalue weighted by molar-refractivity contribution is -0.122. The minimum Gasteiger partial charge on any atom is -0.299 e. The van der Waals surface area contributed by atoms with Gasteiger partial charge in [-0.05, 0) is 45.2 Å². The monoisotopic (exact) mass is 273 g/mol. The standard InChI is InChI=1S/C17H23NO2/c1-14(19)12-18(13-16-6-4-3-5-7-16)11-10-17(8-9-17)15(2)20/h3-7H,8-13H2,1-2H3. The molecule has 0 aromatic heterocycles. The number of Topliss-reactive ketones (excluding diaryl/α,β-unsaturated/α-hetero) is 2. The van der Waals surface area contributed by atoms with Crippen molar-refractivity contribution in [2.45, 2.75) is 39.7 Å². The van der Waals surface area contributed by atoms with Gasteiger partial charge in [-0.1, -0.05) is 30.3 Å². The van der Waals surface area contributed by atoms with Crippen LogP contribution < -0.4 is 0 Å². The lowest BCUT2D eigenvalue weighted by Crippen LogP contribution is -2.31. The summed E-state index contributed by atoms with van der Waals surface area (Å²) in [5, 5.41) is 0. The first-order valence-corrected chi connectivity index (χ1v) is 7.29. The van der Waals surface area contributed by atoms with Crippen LogP contribution in [0, 0.1) is 5.41 Å². The predicted octanol–water partition coefficient (Wildman–Crippen LogP) is 2.84. The molecule has 0 amide bonds. The largest absolute Gasteiger partial charge is 0.299 e. The second-order valence-corrected chi connectivity index (χ2v) is 5.98. The predicted molar refractivity (Wildman–Crippen MR) is 79.4 cm³/mol. The lowest BCUT2D eigenvalue weighted by atomic mass is 9.97. The van der Waals surface area contributed by atoms with Crippen LogP contribution in [0.4, 0.5) is 0 Å². The van der Waals surface area contributed by atoms with E-state index in [0.717, 1.165) is 32.4 Å². The third kappa shape index (κ3) is 4.01. The van der Waals surface area contributed by atoms with Crippen molar-refractivity contribution in [3.63, 3.8) is 0 Å². The fourth-order valence-corrected chi connectivity index (χ4v) is 2.67. The summed E-state index contributed by atoms with van der Waals surface area (Å²) in [5.74, 6) is 0.480. The van der Waals surface area contributed by atoms with E-state index in [4.69, 9.17) is 0 Å². The van der Waals surface area contributed by atoms with Gasteiger partial charge in [-0.15, -0.1) is 0 Å². The van der Waals surface area contributed by atoms with Crippen LogP contribution in [0.15, 0.2) is 30.3 Å². The molecule has 1 saturated carbocycles. The second kappa shape index (κ2) is 6.31. The normalized spacial score (nSPS) is 16.1. The van der Waals surface area contributed by atoms with Crippen LogP contribution >= 0.6 is 0 Å². The Balaban J connectivity index is 1.94. The Morgan fingerprint density at radius 2 is 1.80 bits per heavy atom. The van der Waals surface area contributed by atoms with E-state index in [2.05, 4.69) is 17.0 Å². The number of rotatable bonds is 8. The lowest BCUT2D eigenvalue weighted by Gasteiger charge is -2.23. The summed E-state index contributed by atoms with van der Waals surface area (Å²) in [6.45, 7) is 5.36. The molecule has 3 nitrogen and oxygen atoms in total. The average Bonchev–Trinajstić information content (AvgIpc) is 3.18. The summed E-state index contributed by atoms with van der Waals surface area (Å²) in [4.78, 5) is 25.2. The van der Waals surface area contributed by atoms with E-state index < -0.39 is 0 Å². The quantitative estimate of drug-likeness (QED) is 0.731. The molecule has 0 spiro atoms. The molecule has 0 radical (unpaired) electrons. The van der Waals surface area contributed by atoms with Crippen molar-refractivity contribution in [2.75, 3.05) is 13.1 Å². The van der Waals surface area contributed by atoms with Crippen molar-refractivity contribution >= 4 is 11.6 Å². The number of benzene rings is 1. The Hall–Kier alpha value is -1.48. The Labute approximate surface area is 121 Å². The van der Waals surface area contributed by atoms with Crippen LogP contribution in [-0.2, 0) is 16.1 Å². The van der Waals surface area contributed by atoms with Crippen LogP contribution in [0.1, 0.15) is 38.7 Å². The molecule has 1 aliphatic rings. The van der Waals surface area contributed by atoms with Crippen molar-refractivity contribution in [3.05, 3.63) is 35.9 Å². The Morgan fingerprint density at radius 1 is 1.15 bits per heavy atom. The van der Waals surface area contributed by atoms with E-state index in [0.29, 0.717) is 12.3 Å². The van der Waals surface area contributed by atoms with Crippen LogP contribution in [0.5, 0.6) is 0 Å². The molecule has 0 aliphatic heterocycles. The Morgan fingerprint density at radius 3 is 2.30 bits per heavy atom. The van der Waals surface area contributed by atoms with Gasteiger partial charge in [0.15, 0.2) is 0 Å². The first kappa shape index (κ1) is 14.9. The zero-order valence-corrected chi connectivity index (χ0v) is 12.4. The van der Waals surface area contributed by atoms with Gasteiger partial charge in [-0.3, -0.25) is 14.5 Å². The van der Waals surface area contributed by atoms with Crippen molar-refractivity contribution in [1.82, 2.24) is 4.90 Å². The summed E-state index contributed by atoms with van der Waals surface area (Å²) in [5.41, 5.74) is 1.13.